The number of nitrogens with one attached hydrogen (secondary N) is 1. The number of carboxylic acid groups (broad SMARTS) is 1. The number of hydrogen-bond donors (Lipinski definition) is 2. The van der Waals surface area contributed by atoms with Crippen LogP contribution in [0, 0.1) is 5.92 Å². The summed E-state index contributed by atoms with van der Waals surface area (Å²) in [7, 11) is 0. The van der Waals surface area contributed by atoms with Gasteiger partial charge in [-0.1, -0.05) is 13.3 Å². The Labute approximate surface area is 95.8 Å². The molecule has 1 aliphatic rings. The van der Waals surface area contributed by atoms with Crippen molar-refractivity contribution in [2.24, 2.45) is 5.92 Å². The van der Waals surface area contributed by atoms with Gasteiger partial charge >= 0.3 is 12.0 Å². The average molecular weight is 228 g/mol. The van der Waals surface area contributed by atoms with Crippen molar-refractivity contribution in [3.63, 3.8) is 0 Å². The lowest BCUT2D eigenvalue weighted by Gasteiger charge is -2.25. The van der Waals surface area contributed by atoms with Crippen LogP contribution in [0.1, 0.15) is 33.6 Å². The minimum Gasteiger partial charge on any atom is -0.480 e. The van der Waals surface area contributed by atoms with E-state index >= 15 is 0 Å². The maximum atomic E-state index is 11.8. The lowest BCUT2D eigenvalue weighted by Crippen LogP contribution is -2.47. The number of amides is 2. The second-order valence-corrected chi connectivity index (χ2v) is 4.58. The summed E-state index contributed by atoms with van der Waals surface area (Å²) >= 11 is 0. The topological polar surface area (TPSA) is 69.6 Å². The van der Waals surface area contributed by atoms with Gasteiger partial charge in [-0.2, -0.15) is 0 Å². The number of rotatable bonds is 5. The van der Waals surface area contributed by atoms with Gasteiger partial charge in [-0.25, -0.2) is 4.79 Å². The molecule has 1 rings (SSSR count). The van der Waals surface area contributed by atoms with Crippen molar-refractivity contribution in [1.29, 1.82) is 0 Å². The van der Waals surface area contributed by atoms with Crippen LogP contribution in [0.3, 0.4) is 0 Å². The Balaban J connectivity index is 2.45. The van der Waals surface area contributed by atoms with Crippen LogP contribution in [0.2, 0.25) is 0 Å². The molecule has 0 saturated heterocycles. The molecule has 0 spiro atoms. The smallest absolute Gasteiger partial charge is 0.323 e. The Morgan fingerprint density at radius 3 is 2.50 bits per heavy atom. The number of carbonyl (C=O) groups excluding carboxylic acids is 1. The summed E-state index contributed by atoms with van der Waals surface area (Å²) in [5, 5.41) is 11.6. The number of carboxylic acids is 1. The van der Waals surface area contributed by atoms with Crippen molar-refractivity contribution in [3.8, 4) is 0 Å². The van der Waals surface area contributed by atoms with Crippen molar-refractivity contribution in [2.45, 2.75) is 45.7 Å². The molecule has 5 heteroatoms. The van der Waals surface area contributed by atoms with Crippen LogP contribution in [-0.4, -0.2) is 40.6 Å². The SMILES string of the molecule is CCC1CC1NC(=O)N(CC(=O)O)C(C)C. The fourth-order valence-electron chi connectivity index (χ4n) is 1.75. The first-order valence-electron chi connectivity index (χ1n) is 5.74. The standard InChI is InChI=1S/C11H20N2O3/c1-4-8-5-9(8)12-11(16)13(7(2)3)6-10(14)15/h7-9H,4-6H2,1-3H3,(H,12,16)(H,14,15). The second kappa shape index (κ2) is 5.18. The molecule has 0 bridgehead atoms. The largest absolute Gasteiger partial charge is 0.480 e. The zero-order chi connectivity index (χ0) is 12.3. The molecular formula is C11H20N2O3. The summed E-state index contributed by atoms with van der Waals surface area (Å²) in [5.41, 5.74) is 0. The monoisotopic (exact) mass is 228 g/mol. The van der Waals surface area contributed by atoms with E-state index in [4.69, 9.17) is 5.11 Å². The molecule has 0 aliphatic heterocycles. The van der Waals surface area contributed by atoms with Gasteiger partial charge in [-0.3, -0.25) is 4.79 Å². The first-order chi connectivity index (χ1) is 7.45. The van der Waals surface area contributed by atoms with Gasteiger partial charge in [0.15, 0.2) is 0 Å². The van der Waals surface area contributed by atoms with Crippen LogP contribution < -0.4 is 5.32 Å². The molecular weight excluding hydrogens is 208 g/mol. The fourth-order valence-corrected chi connectivity index (χ4v) is 1.75. The van der Waals surface area contributed by atoms with Crippen molar-refractivity contribution < 1.29 is 14.7 Å². The van der Waals surface area contributed by atoms with Crippen LogP contribution in [0.15, 0.2) is 0 Å². The normalized spacial score (nSPS) is 23.0. The molecule has 5 nitrogen and oxygen atoms in total. The van der Waals surface area contributed by atoms with Gasteiger partial charge in [-0.05, 0) is 26.2 Å². The predicted molar refractivity (Wildman–Crippen MR) is 60.2 cm³/mol. The summed E-state index contributed by atoms with van der Waals surface area (Å²) in [5.74, 6) is -0.408. The molecule has 2 amide bonds. The van der Waals surface area contributed by atoms with Gasteiger partial charge in [0.05, 0.1) is 0 Å². The molecule has 16 heavy (non-hydrogen) atoms. The fraction of sp³-hybridized carbons (Fsp3) is 0.818. The molecule has 1 fully saturated rings. The lowest BCUT2D eigenvalue weighted by atomic mass is 10.3. The third-order valence-corrected chi connectivity index (χ3v) is 2.95. The molecule has 2 atom stereocenters. The van der Waals surface area contributed by atoms with Crippen LogP contribution in [-0.2, 0) is 4.79 Å². The minimum atomic E-state index is -0.980. The molecule has 0 aromatic heterocycles. The third-order valence-electron chi connectivity index (χ3n) is 2.95. The van der Waals surface area contributed by atoms with Gasteiger partial charge < -0.3 is 15.3 Å². The maximum absolute atomic E-state index is 11.8. The van der Waals surface area contributed by atoms with Gasteiger partial charge in [0, 0.05) is 12.1 Å². The molecule has 92 valence electrons. The Hall–Kier alpha value is -1.26. The molecule has 0 heterocycles. The van der Waals surface area contributed by atoms with Gasteiger partial charge in [0.2, 0.25) is 0 Å². The average Bonchev–Trinajstić information content (AvgIpc) is 2.91. The minimum absolute atomic E-state index is 0.102. The van der Waals surface area contributed by atoms with Gasteiger partial charge in [0.1, 0.15) is 6.54 Å². The molecule has 0 radical (unpaired) electrons. The first-order valence-corrected chi connectivity index (χ1v) is 5.74. The highest BCUT2D eigenvalue weighted by atomic mass is 16.4. The molecule has 1 aliphatic carbocycles. The first kappa shape index (κ1) is 12.8. The quantitative estimate of drug-likeness (QED) is 0.745. The highest BCUT2D eigenvalue weighted by molar-refractivity contribution is 5.80. The summed E-state index contributed by atoms with van der Waals surface area (Å²) in [6.07, 6.45) is 2.08. The van der Waals surface area contributed by atoms with Crippen LogP contribution >= 0.6 is 0 Å². The van der Waals surface area contributed by atoms with E-state index in [1.807, 2.05) is 13.8 Å². The Bertz CT molecular complexity index is 278. The molecule has 0 aromatic rings. The zero-order valence-corrected chi connectivity index (χ0v) is 10.1. The number of hydrogen-bond acceptors (Lipinski definition) is 2. The predicted octanol–water partition coefficient (Wildman–Crippen LogP) is 1.29. The molecule has 0 aromatic carbocycles. The third kappa shape index (κ3) is 3.40. The van der Waals surface area contributed by atoms with E-state index in [1.54, 1.807) is 0 Å². The summed E-state index contributed by atoms with van der Waals surface area (Å²) < 4.78 is 0. The van der Waals surface area contributed by atoms with E-state index in [1.165, 1.54) is 4.90 Å². The van der Waals surface area contributed by atoms with Crippen LogP contribution in [0.5, 0.6) is 0 Å². The van der Waals surface area contributed by atoms with Crippen molar-refractivity contribution in [2.75, 3.05) is 6.54 Å². The molecule has 2 unspecified atom stereocenters. The van der Waals surface area contributed by atoms with E-state index in [0.717, 1.165) is 12.8 Å². The number of nitrogens with zero attached hydrogens (tertiary/aromatic N) is 1. The zero-order valence-electron chi connectivity index (χ0n) is 10.1. The Morgan fingerprint density at radius 1 is 1.50 bits per heavy atom. The number of urea groups is 1. The van der Waals surface area contributed by atoms with E-state index in [-0.39, 0.29) is 24.7 Å². The molecule has 2 N–H and O–H groups in total. The number of carbonyl (C=O) groups is 2. The summed E-state index contributed by atoms with van der Waals surface area (Å²) in [4.78, 5) is 23.7. The Morgan fingerprint density at radius 2 is 2.12 bits per heavy atom. The van der Waals surface area contributed by atoms with Gasteiger partial charge in [-0.15, -0.1) is 0 Å². The van der Waals surface area contributed by atoms with E-state index in [9.17, 15) is 9.59 Å². The highest BCUT2D eigenvalue weighted by Gasteiger charge is 2.37. The number of aliphatic carboxylic acids is 1. The van der Waals surface area contributed by atoms with Crippen LogP contribution in [0.4, 0.5) is 4.79 Å². The van der Waals surface area contributed by atoms with E-state index < -0.39 is 5.97 Å². The Kier molecular flexibility index (Phi) is 4.15. The van der Waals surface area contributed by atoms with Crippen molar-refractivity contribution >= 4 is 12.0 Å². The van der Waals surface area contributed by atoms with E-state index in [2.05, 4.69) is 12.2 Å². The summed E-state index contributed by atoms with van der Waals surface area (Å²) in [6.45, 7) is 5.47. The second-order valence-electron chi connectivity index (χ2n) is 4.58. The van der Waals surface area contributed by atoms with E-state index in [0.29, 0.717) is 5.92 Å². The highest BCUT2D eigenvalue weighted by Crippen LogP contribution is 2.33. The van der Waals surface area contributed by atoms with Crippen molar-refractivity contribution in [1.82, 2.24) is 10.2 Å². The molecule has 1 saturated carbocycles. The summed E-state index contributed by atoms with van der Waals surface area (Å²) in [6, 6.07) is -0.124. The lowest BCUT2D eigenvalue weighted by molar-refractivity contribution is -0.138. The van der Waals surface area contributed by atoms with Crippen LogP contribution in [0.25, 0.3) is 0 Å². The van der Waals surface area contributed by atoms with Crippen molar-refractivity contribution in [3.05, 3.63) is 0 Å². The van der Waals surface area contributed by atoms with Gasteiger partial charge in [0.25, 0.3) is 0 Å². The maximum Gasteiger partial charge on any atom is 0.323 e.